The van der Waals surface area contributed by atoms with Gasteiger partial charge < -0.3 is 5.32 Å². The molecule has 1 heterocycles. The van der Waals surface area contributed by atoms with Crippen molar-refractivity contribution >= 4 is 23.2 Å². The van der Waals surface area contributed by atoms with Gasteiger partial charge in [-0.05, 0) is 24.9 Å². The van der Waals surface area contributed by atoms with Gasteiger partial charge in [-0.1, -0.05) is 44.0 Å². The van der Waals surface area contributed by atoms with E-state index < -0.39 is 0 Å². The van der Waals surface area contributed by atoms with Gasteiger partial charge in [0.15, 0.2) is 0 Å². The van der Waals surface area contributed by atoms with Crippen molar-refractivity contribution in [2.45, 2.75) is 39.7 Å². The fourth-order valence-electron chi connectivity index (χ4n) is 1.67. The van der Waals surface area contributed by atoms with Crippen molar-refractivity contribution in [3.8, 4) is 0 Å². The maximum Gasteiger partial charge on any atom is 0.0636 e. The Hall–Kier alpha value is -0.310. The van der Waals surface area contributed by atoms with Gasteiger partial charge in [-0.2, -0.15) is 0 Å². The van der Waals surface area contributed by atoms with Crippen LogP contribution in [0.1, 0.15) is 32.9 Å². The fraction of sp³-hybridized carbons (Fsp3) is 0.615. The molecule has 0 fully saturated rings. The van der Waals surface area contributed by atoms with Crippen molar-refractivity contribution in [2.24, 2.45) is 5.92 Å². The van der Waals surface area contributed by atoms with Crippen molar-refractivity contribution < 1.29 is 0 Å². The van der Waals surface area contributed by atoms with Gasteiger partial charge >= 0.3 is 0 Å². The van der Waals surface area contributed by atoms with Crippen molar-refractivity contribution in [2.75, 3.05) is 6.54 Å². The van der Waals surface area contributed by atoms with Gasteiger partial charge in [-0.3, -0.25) is 4.98 Å². The molecule has 1 atom stereocenters. The summed E-state index contributed by atoms with van der Waals surface area (Å²) < 4.78 is 0. The lowest BCUT2D eigenvalue weighted by molar-refractivity contribution is 0.394. The molecule has 1 unspecified atom stereocenters. The third kappa shape index (κ3) is 4.82. The summed E-state index contributed by atoms with van der Waals surface area (Å²) in [4.78, 5) is 4.30. The minimum absolute atomic E-state index is 0.404. The van der Waals surface area contributed by atoms with Crippen molar-refractivity contribution in [3.05, 3.63) is 28.0 Å². The molecule has 0 amide bonds. The van der Waals surface area contributed by atoms with Crippen LogP contribution in [0.3, 0.4) is 0 Å². The smallest absolute Gasteiger partial charge is 0.0636 e. The molecule has 0 saturated carbocycles. The van der Waals surface area contributed by atoms with Crippen LogP contribution >= 0.6 is 23.2 Å². The van der Waals surface area contributed by atoms with Gasteiger partial charge in [0.25, 0.3) is 0 Å². The maximum absolute atomic E-state index is 6.14. The molecular formula is C13H20Cl2N2. The number of pyridine rings is 1. The summed E-state index contributed by atoms with van der Waals surface area (Å²) in [5.74, 6) is 0.551. The van der Waals surface area contributed by atoms with E-state index in [2.05, 4.69) is 31.1 Å². The number of nitrogens with zero attached hydrogens (tertiary/aromatic N) is 1. The second kappa shape index (κ2) is 7.20. The Labute approximate surface area is 114 Å². The average Bonchev–Trinajstić information content (AvgIpc) is 2.26. The Morgan fingerprint density at radius 3 is 2.59 bits per heavy atom. The molecule has 2 nitrogen and oxygen atoms in total. The zero-order valence-corrected chi connectivity index (χ0v) is 12.1. The molecule has 0 bridgehead atoms. The summed E-state index contributed by atoms with van der Waals surface area (Å²) >= 11 is 12.0. The van der Waals surface area contributed by atoms with Gasteiger partial charge in [0.1, 0.15) is 0 Å². The van der Waals surface area contributed by atoms with Gasteiger partial charge in [-0.15, -0.1) is 0 Å². The summed E-state index contributed by atoms with van der Waals surface area (Å²) in [5.41, 5.74) is 0.915. The Kier molecular flexibility index (Phi) is 6.24. The monoisotopic (exact) mass is 274 g/mol. The Bertz CT molecular complexity index is 353. The quantitative estimate of drug-likeness (QED) is 0.850. The summed E-state index contributed by atoms with van der Waals surface area (Å²) in [6.07, 6.45) is 3.62. The first-order chi connectivity index (χ1) is 8.04. The first-order valence-corrected chi connectivity index (χ1v) is 6.83. The molecule has 0 spiro atoms. The van der Waals surface area contributed by atoms with Crippen LogP contribution in [0.15, 0.2) is 12.3 Å². The van der Waals surface area contributed by atoms with E-state index in [0.29, 0.717) is 22.0 Å². The lowest BCUT2D eigenvalue weighted by Gasteiger charge is -2.22. The highest BCUT2D eigenvalue weighted by molar-refractivity contribution is 6.34. The van der Waals surface area contributed by atoms with E-state index in [0.717, 1.165) is 25.1 Å². The van der Waals surface area contributed by atoms with E-state index in [-0.39, 0.29) is 0 Å². The lowest BCUT2D eigenvalue weighted by atomic mass is 9.99. The molecule has 0 aromatic carbocycles. The standard InChI is InChI=1S/C13H20Cl2N2/c1-4-5-16-12(9(2)3)7-13-11(15)6-10(14)8-17-13/h6,8-9,12,16H,4-5,7H2,1-3H3. The molecule has 0 saturated heterocycles. The highest BCUT2D eigenvalue weighted by Crippen LogP contribution is 2.21. The zero-order valence-electron chi connectivity index (χ0n) is 10.6. The lowest BCUT2D eigenvalue weighted by Crippen LogP contribution is -2.36. The number of hydrogen-bond acceptors (Lipinski definition) is 2. The molecule has 1 rings (SSSR count). The van der Waals surface area contributed by atoms with Gasteiger partial charge in [0.2, 0.25) is 0 Å². The van der Waals surface area contributed by atoms with Gasteiger partial charge in [0.05, 0.1) is 15.7 Å². The summed E-state index contributed by atoms with van der Waals surface area (Å²) in [6.45, 7) is 7.60. The molecule has 17 heavy (non-hydrogen) atoms. The van der Waals surface area contributed by atoms with Crippen LogP contribution in [0.2, 0.25) is 10.0 Å². The number of aromatic nitrogens is 1. The fourth-order valence-corrected chi connectivity index (χ4v) is 2.13. The van der Waals surface area contributed by atoms with Crippen molar-refractivity contribution in [3.63, 3.8) is 0 Å². The second-order valence-corrected chi connectivity index (χ2v) is 5.43. The minimum atomic E-state index is 0.404. The Morgan fingerprint density at radius 2 is 2.06 bits per heavy atom. The highest BCUT2D eigenvalue weighted by Gasteiger charge is 2.15. The molecule has 0 aliphatic carbocycles. The number of hydrogen-bond donors (Lipinski definition) is 1. The van der Waals surface area contributed by atoms with Crippen LogP contribution < -0.4 is 5.32 Å². The van der Waals surface area contributed by atoms with E-state index in [1.54, 1.807) is 12.3 Å². The molecular weight excluding hydrogens is 255 g/mol. The summed E-state index contributed by atoms with van der Waals surface area (Å²) in [7, 11) is 0. The third-order valence-electron chi connectivity index (χ3n) is 2.76. The second-order valence-electron chi connectivity index (χ2n) is 4.59. The third-order valence-corrected chi connectivity index (χ3v) is 3.29. The number of rotatable bonds is 6. The molecule has 96 valence electrons. The van der Waals surface area contributed by atoms with E-state index in [1.165, 1.54) is 0 Å². The zero-order chi connectivity index (χ0) is 12.8. The van der Waals surface area contributed by atoms with E-state index >= 15 is 0 Å². The van der Waals surface area contributed by atoms with Gasteiger partial charge in [0, 0.05) is 18.7 Å². The molecule has 1 aromatic rings. The number of nitrogens with one attached hydrogen (secondary N) is 1. The topological polar surface area (TPSA) is 24.9 Å². The Balaban J connectivity index is 2.71. The summed E-state index contributed by atoms with van der Waals surface area (Å²) in [5, 5.41) is 4.77. The molecule has 0 radical (unpaired) electrons. The predicted molar refractivity (Wildman–Crippen MR) is 74.9 cm³/mol. The van der Waals surface area contributed by atoms with E-state index in [9.17, 15) is 0 Å². The highest BCUT2D eigenvalue weighted by atomic mass is 35.5. The molecule has 0 aliphatic rings. The predicted octanol–water partition coefficient (Wildman–Crippen LogP) is 3.96. The minimum Gasteiger partial charge on any atom is -0.313 e. The summed E-state index contributed by atoms with van der Waals surface area (Å²) in [6, 6.07) is 2.16. The van der Waals surface area contributed by atoms with Crippen LogP contribution in [0.25, 0.3) is 0 Å². The van der Waals surface area contributed by atoms with E-state index in [4.69, 9.17) is 23.2 Å². The largest absolute Gasteiger partial charge is 0.313 e. The van der Waals surface area contributed by atoms with E-state index in [1.807, 2.05) is 0 Å². The van der Waals surface area contributed by atoms with Crippen LogP contribution in [-0.4, -0.2) is 17.6 Å². The van der Waals surface area contributed by atoms with Crippen LogP contribution in [0.4, 0.5) is 0 Å². The van der Waals surface area contributed by atoms with Crippen molar-refractivity contribution in [1.82, 2.24) is 10.3 Å². The number of halogens is 2. The maximum atomic E-state index is 6.14. The molecule has 1 N–H and O–H groups in total. The van der Waals surface area contributed by atoms with Crippen LogP contribution in [-0.2, 0) is 6.42 Å². The van der Waals surface area contributed by atoms with Crippen LogP contribution in [0.5, 0.6) is 0 Å². The molecule has 1 aromatic heterocycles. The average molecular weight is 275 g/mol. The van der Waals surface area contributed by atoms with Crippen molar-refractivity contribution in [1.29, 1.82) is 0 Å². The molecule has 0 aliphatic heterocycles. The SMILES string of the molecule is CCCNC(Cc1ncc(Cl)cc1Cl)C(C)C. The first-order valence-electron chi connectivity index (χ1n) is 6.07. The van der Waals surface area contributed by atoms with Gasteiger partial charge in [-0.25, -0.2) is 0 Å². The van der Waals surface area contributed by atoms with Crippen LogP contribution in [0, 0.1) is 5.92 Å². The normalized spacial score (nSPS) is 13.1. The Morgan fingerprint density at radius 1 is 1.35 bits per heavy atom. The first kappa shape index (κ1) is 14.7. The molecule has 4 heteroatoms.